The quantitative estimate of drug-likeness (QED) is 0.762. The van der Waals surface area contributed by atoms with Crippen LogP contribution < -0.4 is 0 Å². The van der Waals surface area contributed by atoms with Crippen LogP contribution in [0.1, 0.15) is 26.2 Å². The molecule has 0 saturated carbocycles. The van der Waals surface area contributed by atoms with E-state index < -0.39 is 0 Å². The maximum absolute atomic E-state index is 12.3. The molecule has 1 fully saturated rings. The van der Waals surface area contributed by atoms with E-state index in [2.05, 4.69) is 0 Å². The van der Waals surface area contributed by atoms with Crippen LogP contribution in [-0.4, -0.2) is 40.2 Å². The van der Waals surface area contributed by atoms with Crippen LogP contribution in [-0.2, 0) is 4.79 Å². The molecule has 1 amide bonds. The van der Waals surface area contributed by atoms with Crippen molar-refractivity contribution in [2.24, 2.45) is 5.92 Å². The molecule has 0 aromatic rings. The predicted octanol–water partition coefficient (Wildman–Crippen LogP) is 1.38. The lowest BCUT2D eigenvalue weighted by Gasteiger charge is -2.27. The normalized spacial score (nSPS) is 28.9. The van der Waals surface area contributed by atoms with E-state index in [0.717, 1.165) is 25.0 Å². The third-order valence-corrected chi connectivity index (χ3v) is 3.61. The summed E-state index contributed by atoms with van der Waals surface area (Å²) in [4.78, 5) is 14.1. The molecule has 1 unspecified atom stereocenters. The highest BCUT2D eigenvalue weighted by Gasteiger charge is 2.32. The molecule has 1 aliphatic carbocycles. The van der Waals surface area contributed by atoms with E-state index in [1.165, 1.54) is 0 Å². The first-order valence-corrected chi connectivity index (χ1v) is 6.12. The highest BCUT2D eigenvalue weighted by molar-refractivity contribution is 5.82. The van der Waals surface area contributed by atoms with Gasteiger partial charge in [0.2, 0.25) is 5.91 Å². The fourth-order valence-electron chi connectivity index (χ4n) is 2.56. The second kappa shape index (κ2) is 4.92. The zero-order valence-electron chi connectivity index (χ0n) is 10.1. The maximum atomic E-state index is 12.3. The van der Waals surface area contributed by atoms with Crippen LogP contribution in [0.3, 0.4) is 0 Å². The molecule has 0 aromatic carbocycles. The van der Waals surface area contributed by atoms with Crippen molar-refractivity contribution < 1.29 is 15.0 Å². The van der Waals surface area contributed by atoms with E-state index in [-0.39, 0.29) is 30.2 Å². The standard InChI is InChI=1S/C13H19NO3/c1-9-7-10(4-5-12(9)16)13(17)14-6-2-3-11(14)8-15/h5,7,10-11,15-16H,2-4,6,8H2,1H3/t10?,11-/m0/s1. The lowest BCUT2D eigenvalue weighted by Crippen LogP contribution is -2.41. The third-order valence-electron chi connectivity index (χ3n) is 3.61. The van der Waals surface area contributed by atoms with Crippen molar-refractivity contribution in [2.45, 2.75) is 32.2 Å². The SMILES string of the molecule is CC1=CC(C(=O)N2CCC[C@H]2CO)CC=C1O. The molecule has 2 atom stereocenters. The molecular formula is C13H19NO3. The Hall–Kier alpha value is -1.29. The molecular weight excluding hydrogens is 218 g/mol. The molecule has 4 nitrogen and oxygen atoms in total. The summed E-state index contributed by atoms with van der Waals surface area (Å²) in [5, 5.41) is 18.7. The number of allylic oxidation sites excluding steroid dienone is 2. The monoisotopic (exact) mass is 237 g/mol. The molecule has 17 heavy (non-hydrogen) atoms. The van der Waals surface area contributed by atoms with Crippen molar-refractivity contribution in [2.75, 3.05) is 13.2 Å². The van der Waals surface area contributed by atoms with Crippen LogP contribution in [0.5, 0.6) is 0 Å². The van der Waals surface area contributed by atoms with Crippen LogP contribution in [0, 0.1) is 5.92 Å². The predicted molar refractivity (Wildman–Crippen MR) is 64.4 cm³/mol. The first kappa shape index (κ1) is 12.2. The van der Waals surface area contributed by atoms with Crippen LogP contribution in [0.2, 0.25) is 0 Å². The molecule has 4 heteroatoms. The Morgan fingerprint density at radius 3 is 3.00 bits per heavy atom. The lowest BCUT2D eigenvalue weighted by atomic mass is 9.94. The Kier molecular flexibility index (Phi) is 3.52. The minimum absolute atomic E-state index is 0.0179. The molecule has 0 aromatic heterocycles. The molecule has 1 heterocycles. The Labute approximate surface area is 101 Å². The van der Waals surface area contributed by atoms with E-state index in [0.29, 0.717) is 6.42 Å². The van der Waals surface area contributed by atoms with Gasteiger partial charge >= 0.3 is 0 Å². The number of carbonyl (C=O) groups is 1. The molecule has 1 aliphatic heterocycles. The first-order valence-electron chi connectivity index (χ1n) is 6.12. The number of likely N-dealkylation sites (tertiary alicyclic amines) is 1. The highest BCUT2D eigenvalue weighted by atomic mass is 16.3. The number of hydrogen-bond donors (Lipinski definition) is 2. The van der Waals surface area contributed by atoms with Crippen molar-refractivity contribution in [1.29, 1.82) is 0 Å². The number of amides is 1. The summed E-state index contributed by atoms with van der Waals surface area (Å²) >= 11 is 0. The summed E-state index contributed by atoms with van der Waals surface area (Å²) in [7, 11) is 0. The maximum Gasteiger partial charge on any atom is 0.230 e. The van der Waals surface area contributed by atoms with Gasteiger partial charge in [-0.3, -0.25) is 4.79 Å². The lowest BCUT2D eigenvalue weighted by molar-refractivity contribution is -0.135. The number of aliphatic hydroxyl groups is 2. The largest absolute Gasteiger partial charge is 0.508 e. The number of nitrogens with zero attached hydrogens (tertiary/aromatic N) is 1. The van der Waals surface area contributed by atoms with Gasteiger partial charge in [-0.05, 0) is 37.8 Å². The van der Waals surface area contributed by atoms with Gasteiger partial charge in [-0.1, -0.05) is 6.08 Å². The van der Waals surface area contributed by atoms with Gasteiger partial charge < -0.3 is 15.1 Å². The second-order valence-electron chi connectivity index (χ2n) is 4.79. The van der Waals surface area contributed by atoms with Crippen molar-refractivity contribution in [3.63, 3.8) is 0 Å². The molecule has 2 N–H and O–H groups in total. The minimum Gasteiger partial charge on any atom is -0.508 e. The van der Waals surface area contributed by atoms with Crippen molar-refractivity contribution in [3.8, 4) is 0 Å². The third kappa shape index (κ3) is 2.36. The van der Waals surface area contributed by atoms with Gasteiger partial charge in [0.05, 0.1) is 18.6 Å². The van der Waals surface area contributed by atoms with Crippen LogP contribution in [0.4, 0.5) is 0 Å². The van der Waals surface area contributed by atoms with Gasteiger partial charge in [-0.25, -0.2) is 0 Å². The van der Waals surface area contributed by atoms with Crippen LogP contribution in [0.25, 0.3) is 0 Å². The number of hydrogen-bond acceptors (Lipinski definition) is 3. The molecule has 2 aliphatic rings. The average Bonchev–Trinajstić information content (AvgIpc) is 2.80. The first-order chi connectivity index (χ1) is 8.13. The van der Waals surface area contributed by atoms with Gasteiger partial charge in [0.15, 0.2) is 0 Å². The van der Waals surface area contributed by atoms with Crippen LogP contribution in [0.15, 0.2) is 23.5 Å². The number of aliphatic hydroxyl groups excluding tert-OH is 2. The van der Waals surface area contributed by atoms with E-state index in [1.807, 2.05) is 6.08 Å². The molecule has 0 radical (unpaired) electrons. The van der Waals surface area contributed by atoms with Crippen molar-refractivity contribution >= 4 is 5.91 Å². The van der Waals surface area contributed by atoms with Gasteiger partial charge in [-0.15, -0.1) is 0 Å². The van der Waals surface area contributed by atoms with Crippen molar-refractivity contribution in [3.05, 3.63) is 23.5 Å². The van der Waals surface area contributed by atoms with E-state index in [1.54, 1.807) is 17.9 Å². The number of carbonyl (C=O) groups excluding carboxylic acids is 1. The summed E-state index contributed by atoms with van der Waals surface area (Å²) in [6.45, 7) is 2.59. The zero-order valence-corrected chi connectivity index (χ0v) is 10.1. The van der Waals surface area contributed by atoms with Gasteiger partial charge in [0, 0.05) is 6.54 Å². The Bertz CT molecular complexity index is 373. The van der Waals surface area contributed by atoms with E-state index in [9.17, 15) is 15.0 Å². The highest BCUT2D eigenvalue weighted by Crippen LogP contribution is 2.26. The molecule has 0 spiro atoms. The molecule has 1 saturated heterocycles. The van der Waals surface area contributed by atoms with E-state index >= 15 is 0 Å². The van der Waals surface area contributed by atoms with Gasteiger partial charge in [0.1, 0.15) is 5.76 Å². The summed E-state index contributed by atoms with van der Waals surface area (Å²) in [5.74, 6) is 0.164. The minimum atomic E-state index is -0.182. The fraction of sp³-hybridized carbons (Fsp3) is 0.615. The second-order valence-corrected chi connectivity index (χ2v) is 4.79. The average molecular weight is 237 g/mol. The Balaban J connectivity index is 2.06. The number of rotatable bonds is 2. The Morgan fingerprint density at radius 2 is 2.35 bits per heavy atom. The van der Waals surface area contributed by atoms with Gasteiger partial charge in [-0.2, -0.15) is 0 Å². The zero-order chi connectivity index (χ0) is 12.4. The summed E-state index contributed by atoms with van der Waals surface area (Å²) in [5.41, 5.74) is 0.759. The van der Waals surface area contributed by atoms with Crippen LogP contribution >= 0.6 is 0 Å². The smallest absolute Gasteiger partial charge is 0.230 e. The Morgan fingerprint density at radius 1 is 1.59 bits per heavy atom. The summed E-state index contributed by atoms with van der Waals surface area (Å²) in [6.07, 6.45) is 5.93. The van der Waals surface area contributed by atoms with E-state index in [4.69, 9.17) is 0 Å². The topological polar surface area (TPSA) is 60.8 Å². The van der Waals surface area contributed by atoms with Gasteiger partial charge in [0.25, 0.3) is 0 Å². The fourth-order valence-corrected chi connectivity index (χ4v) is 2.56. The molecule has 2 rings (SSSR count). The molecule has 0 bridgehead atoms. The molecule has 94 valence electrons. The van der Waals surface area contributed by atoms with Crippen molar-refractivity contribution in [1.82, 2.24) is 4.90 Å². The summed E-state index contributed by atoms with van der Waals surface area (Å²) < 4.78 is 0. The summed E-state index contributed by atoms with van der Waals surface area (Å²) in [6, 6.07) is -0.0179.